The summed E-state index contributed by atoms with van der Waals surface area (Å²) < 4.78 is 13.9. The van der Waals surface area contributed by atoms with Crippen molar-refractivity contribution in [1.82, 2.24) is 5.32 Å². The summed E-state index contributed by atoms with van der Waals surface area (Å²) in [4.78, 5) is 2.22. The normalized spacial score (nSPS) is 23.2. The lowest BCUT2D eigenvalue weighted by molar-refractivity contribution is 0.492. The molecule has 1 unspecified atom stereocenters. The van der Waals surface area contributed by atoms with E-state index in [0.717, 1.165) is 25.3 Å². The van der Waals surface area contributed by atoms with Gasteiger partial charge in [-0.2, -0.15) is 0 Å². The van der Waals surface area contributed by atoms with Crippen LogP contribution in [0.1, 0.15) is 5.56 Å². The molecule has 1 fully saturated rings. The molecule has 3 rings (SSSR count). The first-order chi connectivity index (χ1) is 7.68. The fourth-order valence-electron chi connectivity index (χ4n) is 2.57. The lowest BCUT2D eigenvalue weighted by atomic mass is 10.1. The molecule has 1 saturated heterocycles. The highest BCUT2D eigenvalue weighted by Crippen LogP contribution is 2.40. The minimum atomic E-state index is -0.349. The molecule has 1 aromatic carbocycles. The second-order valence-electron chi connectivity index (χ2n) is 4.24. The molecule has 2 heterocycles. The third-order valence-corrected chi connectivity index (χ3v) is 4.10. The van der Waals surface area contributed by atoms with Gasteiger partial charge < -0.3 is 10.2 Å². The SMILES string of the molecule is Fc1c(Cl)c(Cl)cc2c1CC1CNCCN21. The third kappa shape index (κ3) is 1.42. The van der Waals surface area contributed by atoms with E-state index in [2.05, 4.69) is 10.2 Å². The number of nitrogens with one attached hydrogen (secondary N) is 1. The van der Waals surface area contributed by atoms with Crippen molar-refractivity contribution in [3.63, 3.8) is 0 Å². The van der Waals surface area contributed by atoms with Crippen molar-refractivity contribution in [3.8, 4) is 0 Å². The van der Waals surface area contributed by atoms with Crippen molar-refractivity contribution in [1.29, 1.82) is 0 Å². The standard InChI is InChI=1S/C11H11Cl2FN2/c12-8-4-9-7(11(14)10(8)13)3-6-5-15-1-2-16(6)9/h4,6,15H,1-3,5H2. The average molecular weight is 261 g/mol. The summed E-state index contributed by atoms with van der Waals surface area (Å²) in [7, 11) is 0. The van der Waals surface area contributed by atoms with Gasteiger partial charge in [-0.1, -0.05) is 23.2 Å². The molecule has 86 valence electrons. The molecule has 1 aromatic rings. The zero-order valence-electron chi connectivity index (χ0n) is 8.56. The zero-order chi connectivity index (χ0) is 11.3. The molecule has 1 atom stereocenters. The van der Waals surface area contributed by atoms with Crippen LogP contribution in [0.25, 0.3) is 0 Å². The first-order valence-electron chi connectivity index (χ1n) is 5.32. The molecule has 0 aliphatic carbocycles. The van der Waals surface area contributed by atoms with Gasteiger partial charge in [-0.05, 0) is 12.5 Å². The van der Waals surface area contributed by atoms with Crippen LogP contribution in [-0.2, 0) is 6.42 Å². The Morgan fingerprint density at radius 3 is 3.06 bits per heavy atom. The number of hydrogen-bond donors (Lipinski definition) is 1. The van der Waals surface area contributed by atoms with E-state index in [1.54, 1.807) is 6.07 Å². The lowest BCUT2D eigenvalue weighted by Crippen LogP contribution is -2.49. The van der Waals surface area contributed by atoms with Crippen molar-refractivity contribution < 1.29 is 4.39 Å². The molecule has 0 spiro atoms. The summed E-state index contributed by atoms with van der Waals surface area (Å²) in [5, 5.41) is 3.66. The van der Waals surface area contributed by atoms with E-state index in [4.69, 9.17) is 23.2 Å². The second kappa shape index (κ2) is 3.76. The van der Waals surface area contributed by atoms with Gasteiger partial charge in [0.25, 0.3) is 0 Å². The van der Waals surface area contributed by atoms with Gasteiger partial charge in [0.05, 0.1) is 10.0 Å². The summed E-state index contributed by atoms with van der Waals surface area (Å²) in [6.45, 7) is 2.72. The Hall–Kier alpha value is -0.510. The summed E-state index contributed by atoms with van der Waals surface area (Å²) in [5.41, 5.74) is 1.63. The number of benzene rings is 1. The van der Waals surface area contributed by atoms with Crippen LogP contribution in [0, 0.1) is 5.82 Å². The largest absolute Gasteiger partial charge is 0.365 e. The fourth-order valence-corrected chi connectivity index (χ4v) is 2.92. The van der Waals surface area contributed by atoms with Gasteiger partial charge >= 0.3 is 0 Å². The maximum Gasteiger partial charge on any atom is 0.148 e. The number of anilines is 1. The van der Waals surface area contributed by atoms with Gasteiger partial charge in [-0.25, -0.2) is 4.39 Å². The van der Waals surface area contributed by atoms with E-state index in [-0.39, 0.29) is 10.8 Å². The quantitative estimate of drug-likeness (QED) is 0.722. The number of hydrogen-bond acceptors (Lipinski definition) is 2. The minimum absolute atomic E-state index is 0.0493. The number of fused-ring (bicyclic) bond motifs is 3. The minimum Gasteiger partial charge on any atom is -0.365 e. The molecule has 0 bridgehead atoms. The Morgan fingerprint density at radius 2 is 2.25 bits per heavy atom. The maximum atomic E-state index is 13.9. The van der Waals surface area contributed by atoms with Gasteiger partial charge in [0.15, 0.2) is 0 Å². The van der Waals surface area contributed by atoms with Crippen LogP contribution in [0.4, 0.5) is 10.1 Å². The van der Waals surface area contributed by atoms with Gasteiger partial charge in [-0.3, -0.25) is 0 Å². The summed E-state index contributed by atoms with van der Waals surface area (Å²) in [6, 6.07) is 2.13. The Morgan fingerprint density at radius 1 is 1.44 bits per heavy atom. The lowest BCUT2D eigenvalue weighted by Gasteiger charge is -2.32. The zero-order valence-corrected chi connectivity index (χ0v) is 10.1. The molecule has 0 amide bonds. The summed E-state index contributed by atoms with van der Waals surface area (Å²) in [5.74, 6) is -0.349. The maximum absolute atomic E-state index is 13.9. The van der Waals surface area contributed by atoms with Crippen LogP contribution >= 0.6 is 23.2 Å². The van der Waals surface area contributed by atoms with Gasteiger partial charge in [0, 0.05) is 36.9 Å². The molecule has 0 saturated carbocycles. The van der Waals surface area contributed by atoms with Crippen LogP contribution in [-0.4, -0.2) is 25.7 Å². The van der Waals surface area contributed by atoms with E-state index in [1.165, 1.54) is 0 Å². The predicted octanol–water partition coefficient (Wildman–Crippen LogP) is 2.47. The molecule has 2 aliphatic rings. The Kier molecular flexibility index (Phi) is 2.50. The molecule has 5 heteroatoms. The molecule has 0 aromatic heterocycles. The molecular weight excluding hydrogens is 250 g/mol. The highest BCUT2D eigenvalue weighted by atomic mass is 35.5. The van der Waals surface area contributed by atoms with Crippen LogP contribution in [0.5, 0.6) is 0 Å². The fraction of sp³-hybridized carbons (Fsp3) is 0.455. The van der Waals surface area contributed by atoms with Crippen molar-refractivity contribution >= 4 is 28.9 Å². The van der Waals surface area contributed by atoms with E-state index in [0.29, 0.717) is 23.0 Å². The third-order valence-electron chi connectivity index (χ3n) is 3.34. The van der Waals surface area contributed by atoms with Gasteiger partial charge in [0.2, 0.25) is 0 Å². The molecule has 16 heavy (non-hydrogen) atoms. The summed E-state index contributed by atoms with van der Waals surface area (Å²) >= 11 is 11.7. The Bertz CT molecular complexity index is 450. The van der Waals surface area contributed by atoms with E-state index >= 15 is 0 Å². The Balaban J connectivity index is 2.12. The van der Waals surface area contributed by atoms with E-state index in [1.807, 2.05) is 0 Å². The average Bonchev–Trinajstić information content (AvgIpc) is 2.65. The van der Waals surface area contributed by atoms with Crippen molar-refractivity contribution in [2.75, 3.05) is 24.5 Å². The monoisotopic (exact) mass is 260 g/mol. The molecule has 2 nitrogen and oxygen atoms in total. The second-order valence-corrected chi connectivity index (χ2v) is 5.02. The first-order valence-corrected chi connectivity index (χ1v) is 6.08. The smallest absolute Gasteiger partial charge is 0.148 e. The first kappa shape index (κ1) is 10.6. The highest BCUT2D eigenvalue weighted by molar-refractivity contribution is 6.42. The molecule has 1 N–H and O–H groups in total. The predicted molar refractivity (Wildman–Crippen MR) is 64.1 cm³/mol. The van der Waals surface area contributed by atoms with Crippen LogP contribution < -0.4 is 10.2 Å². The van der Waals surface area contributed by atoms with Crippen LogP contribution in [0.15, 0.2) is 6.07 Å². The van der Waals surface area contributed by atoms with Crippen molar-refractivity contribution in [2.45, 2.75) is 12.5 Å². The van der Waals surface area contributed by atoms with Gasteiger partial charge in [0.1, 0.15) is 5.82 Å². The topological polar surface area (TPSA) is 15.3 Å². The van der Waals surface area contributed by atoms with Gasteiger partial charge in [-0.15, -0.1) is 0 Å². The van der Waals surface area contributed by atoms with E-state index in [9.17, 15) is 4.39 Å². The van der Waals surface area contributed by atoms with Crippen molar-refractivity contribution in [3.05, 3.63) is 27.5 Å². The number of rotatable bonds is 0. The number of nitrogens with zero attached hydrogens (tertiary/aromatic N) is 1. The molecule has 2 aliphatic heterocycles. The van der Waals surface area contributed by atoms with E-state index < -0.39 is 0 Å². The molecule has 0 radical (unpaired) electrons. The summed E-state index contributed by atoms with van der Waals surface area (Å²) in [6.07, 6.45) is 0.713. The molecular formula is C11H11Cl2FN2. The highest BCUT2D eigenvalue weighted by Gasteiger charge is 2.34. The number of halogens is 3. The Labute approximate surface area is 103 Å². The number of piperazine rings is 1. The van der Waals surface area contributed by atoms with Crippen LogP contribution in [0.2, 0.25) is 10.0 Å². The van der Waals surface area contributed by atoms with Crippen molar-refractivity contribution in [2.24, 2.45) is 0 Å². The van der Waals surface area contributed by atoms with Crippen LogP contribution in [0.3, 0.4) is 0 Å².